The number of hydrogen-bond acceptors (Lipinski definition) is 3. The molecule has 1 aromatic rings. The number of likely N-dealkylation sites (tertiary alicyclic amines) is 1. The highest BCUT2D eigenvalue weighted by Gasteiger charge is 2.32. The average Bonchev–Trinajstić information content (AvgIpc) is 2.53. The summed E-state index contributed by atoms with van der Waals surface area (Å²) < 4.78 is 0. The number of carboxylic acid groups (broad SMARTS) is 1. The van der Waals surface area contributed by atoms with Crippen LogP contribution in [-0.4, -0.2) is 40.1 Å². The van der Waals surface area contributed by atoms with Gasteiger partial charge in [-0.3, -0.25) is 9.78 Å². The number of aryl methyl sites for hydroxylation is 1. The van der Waals surface area contributed by atoms with E-state index in [2.05, 4.69) is 17.2 Å². The van der Waals surface area contributed by atoms with Crippen LogP contribution in [-0.2, 0) is 11.2 Å². The molecule has 0 aliphatic carbocycles. The third kappa shape index (κ3) is 4.21. The van der Waals surface area contributed by atoms with Crippen molar-refractivity contribution < 1.29 is 14.7 Å². The molecule has 0 spiro atoms. The van der Waals surface area contributed by atoms with E-state index in [1.165, 1.54) is 0 Å². The summed E-state index contributed by atoms with van der Waals surface area (Å²) in [6.45, 7) is 6.85. The highest BCUT2D eigenvalue weighted by Crippen LogP contribution is 2.23. The highest BCUT2D eigenvalue weighted by atomic mass is 16.4. The molecule has 2 N–H and O–H groups in total. The third-order valence-corrected chi connectivity index (χ3v) is 4.42. The minimum absolute atomic E-state index is 0.138. The maximum atomic E-state index is 12.5. The van der Waals surface area contributed by atoms with Gasteiger partial charge >= 0.3 is 12.0 Å². The normalized spacial score (nSPS) is 22.5. The van der Waals surface area contributed by atoms with Crippen LogP contribution in [0.2, 0.25) is 0 Å². The maximum Gasteiger partial charge on any atom is 0.317 e. The Morgan fingerprint density at radius 2 is 2.22 bits per heavy atom. The zero-order valence-electron chi connectivity index (χ0n) is 14.0. The van der Waals surface area contributed by atoms with E-state index in [9.17, 15) is 14.7 Å². The van der Waals surface area contributed by atoms with Crippen molar-refractivity contribution in [1.82, 2.24) is 15.2 Å². The number of pyridine rings is 1. The number of carbonyl (C=O) groups is 2. The number of carboxylic acids is 1. The van der Waals surface area contributed by atoms with E-state index in [1.54, 1.807) is 11.1 Å². The Bertz CT molecular complexity index is 576. The molecule has 2 amide bonds. The molecule has 1 fully saturated rings. The van der Waals surface area contributed by atoms with E-state index < -0.39 is 11.9 Å². The van der Waals surface area contributed by atoms with Crippen LogP contribution in [0.25, 0.3) is 0 Å². The zero-order chi connectivity index (χ0) is 17.0. The number of piperidine rings is 1. The minimum Gasteiger partial charge on any atom is -0.481 e. The number of aliphatic carboxylic acids is 1. The Kier molecular flexibility index (Phi) is 5.58. The first-order valence-electron chi connectivity index (χ1n) is 8.13. The number of amides is 2. The smallest absolute Gasteiger partial charge is 0.317 e. The minimum atomic E-state index is -0.829. The van der Waals surface area contributed by atoms with Crippen molar-refractivity contribution in [1.29, 1.82) is 0 Å². The first-order chi connectivity index (χ1) is 10.9. The van der Waals surface area contributed by atoms with Crippen molar-refractivity contribution in [3.05, 3.63) is 29.6 Å². The fourth-order valence-electron chi connectivity index (χ4n) is 3.21. The number of aromatic nitrogens is 1. The fourth-order valence-corrected chi connectivity index (χ4v) is 3.21. The standard InChI is InChI=1S/C17H25N3O3/c1-4-13-8-18-6-5-15(13)12(3)19-17(23)20-9-11(2)7-14(10-20)16(21)22/h5-6,8,11-12,14H,4,7,9-10H2,1-3H3,(H,19,23)(H,21,22). The molecule has 2 heterocycles. The van der Waals surface area contributed by atoms with Crippen molar-refractivity contribution in [3.63, 3.8) is 0 Å². The lowest BCUT2D eigenvalue weighted by Gasteiger charge is -2.35. The molecule has 1 aliphatic heterocycles. The molecular weight excluding hydrogens is 294 g/mol. The second-order valence-corrected chi connectivity index (χ2v) is 6.38. The Morgan fingerprint density at radius 1 is 1.48 bits per heavy atom. The van der Waals surface area contributed by atoms with Crippen molar-refractivity contribution in [3.8, 4) is 0 Å². The summed E-state index contributed by atoms with van der Waals surface area (Å²) in [7, 11) is 0. The lowest BCUT2D eigenvalue weighted by molar-refractivity contribution is -0.143. The summed E-state index contributed by atoms with van der Waals surface area (Å²) in [6, 6.07) is 1.58. The molecule has 0 aromatic carbocycles. The predicted molar refractivity (Wildman–Crippen MR) is 87.0 cm³/mol. The molecule has 23 heavy (non-hydrogen) atoms. The Labute approximate surface area is 136 Å². The molecule has 3 atom stereocenters. The summed E-state index contributed by atoms with van der Waals surface area (Å²) >= 11 is 0. The molecule has 1 aromatic heterocycles. The van der Waals surface area contributed by atoms with E-state index >= 15 is 0 Å². The lowest BCUT2D eigenvalue weighted by atomic mass is 9.91. The molecular formula is C17H25N3O3. The molecule has 126 valence electrons. The number of rotatable bonds is 4. The summed E-state index contributed by atoms with van der Waals surface area (Å²) in [4.78, 5) is 29.5. The van der Waals surface area contributed by atoms with E-state index in [0.29, 0.717) is 13.0 Å². The summed E-state index contributed by atoms with van der Waals surface area (Å²) in [5.41, 5.74) is 2.16. The number of carbonyl (C=O) groups excluding carboxylic acids is 1. The molecule has 3 unspecified atom stereocenters. The van der Waals surface area contributed by atoms with Gasteiger partial charge < -0.3 is 15.3 Å². The highest BCUT2D eigenvalue weighted by molar-refractivity contribution is 5.77. The second kappa shape index (κ2) is 7.44. The third-order valence-electron chi connectivity index (χ3n) is 4.42. The Morgan fingerprint density at radius 3 is 2.87 bits per heavy atom. The lowest BCUT2D eigenvalue weighted by Crippen LogP contribution is -2.50. The van der Waals surface area contributed by atoms with Crippen LogP contribution in [0.5, 0.6) is 0 Å². The van der Waals surface area contributed by atoms with Crippen molar-refractivity contribution in [2.75, 3.05) is 13.1 Å². The van der Waals surface area contributed by atoms with Gasteiger partial charge in [0.15, 0.2) is 0 Å². The molecule has 2 rings (SSSR count). The molecule has 6 nitrogen and oxygen atoms in total. The maximum absolute atomic E-state index is 12.5. The number of nitrogens with one attached hydrogen (secondary N) is 1. The Balaban J connectivity index is 2.04. The number of nitrogens with zero attached hydrogens (tertiary/aromatic N) is 2. The topological polar surface area (TPSA) is 82.5 Å². The first kappa shape index (κ1) is 17.2. The van der Waals surface area contributed by atoms with Gasteiger partial charge in [-0.2, -0.15) is 0 Å². The van der Waals surface area contributed by atoms with Gasteiger partial charge in [-0.15, -0.1) is 0 Å². The van der Waals surface area contributed by atoms with Gasteiger partial charge in [-0.05, 0) is 42.9 Å². The molecule has 0 saturated carbocycles. The van der Waals surface area contributed by atoms with Gasteiger partial charge in [0.2, 0.25) is 0 Å². The van der Waals surface area contributed by atoms with Crippen LogP contribution in [0.15, 0.2) is 18.5 Å². The van der Waals surface area contributed by atoms with E-state index in [-0.39, 0.29) is 24.5 Å². The SMILES string of the molecule is CCc1cnccc1C(C)NC(=O)N1CC(C)CC(C(=O)O)C1. The van der Waals surface area contributed by atoms with Crippen LogP contribution in [0.4, 0.5) is 4.79 Å². The van der Waals surface area contributed by atoms with Gasteiger partial charge in [0, 0.05) is 25.5 Å². The monoisotopic (exact) mass is 319 g/mol. The Hall–Kier alpha value is -2.11. The van der Waals surface area contributed by atoms with Crippen molar-refractivity contribution in [2.45, 2.75) is 39.7 Å². The fraction of sp³-hybridized carbons (Fsp3) is 0.588. The zero-order valence-corrected chi connectivity index (χ0v) is 14.0. The number of hydrogen-bond donors (Lipinski definition) is 2. The van der Waals surface area contributed by atoms with Crippen LogP contribution < -0.4 is 5.32 Å². The average molecular weight is 319 g/mol. The van der Waals surface area contributed by atoms with Gasteiger partial charge in [0.25, 0.3) is 0 Å². The molecule has 0 bridgehead atoms. The van der Waals surface area contributed by atoms with Crippen molar-refractivity contribution in [2.24, 2.45) is 11.8 Å². The quantitative estimate of drug-likeness (QED) is 0.893. The molecule has 1 aliphatic rings. The second-order valence-electron chi connectivity index (χ2n) is 6.38. The first-order valence-corrected chi connectivity index (χ1v) is 8.13. The van der Waals surface area contributed by atoms with E-state index in [0.717, 1.165) is 17.5 Å². The van der Waals surface area contributed by atoms with E-state index in [1.807, 2.05) is 26.1 Å². The summed E-state index contributed by atoms with van der Waals surface area (Å²) in [5, 5.41) is 12.2. The van der Waals surface area contributed by atoms with Crippen molar-refractivity contribution >= 4 is 12.0 Å². The van der Waals surface area contributed by atoms with E-state index in [4.69, 9.17) is 0 Å². The van der Waals surface area contributed by atoms with Gasteiger partial charge in [0.05, 0.1) is 12.0 Å². The van der Waals surface area contributed by atoms with Gasteiger partial charge in [-0.1, -0.05) is 13.8 Å². The van der Waals surface area contributed by atoms with Gasteiger partial charge in [0.1, 0.15) is 0 Å². The van der Waals surface area contributed by atoms with Crippen LogP contribution in [0.1, 0.15) is 44.4 Å². The largest absolute Gasteiger partial charge is 0.481 e. The van der Waals surface area contributed by atoms with Gasteiger partial charge in [-0.25, -0.2) is 4.79 Å². The predicted octanol–water partition coefficient (Wildman–Crippen LogP) is 2.46. The van der Waals surface area contributed by atoms with Crippen LogP contribution in [0, 0.1) is 11.8 Å². The van der Waals surface area contributed by atoms with Crippen LogP contribution in [0.3, 0.4) is 0 Å². The molecule has 1 saturated heterocycles. The summed E-state index contributed by atoms with van der Waals surface area (Å²) in [6.07, 6.45) is 5.02. The van der Waals surface area contributed by atoms with Crippen LogP contribution >= 0.6 is 0 Å². The molecule has 6 heteroatoms. The molecule has 0 radical (unpaired) electrons. The summed E-state index contributed by atoms with van der Waals surface area (Å²) in [5.74, 6) is -1.12. The number of urea groups is 1.